The summed E-state index contributed by atoms with van der Waals surface area (Å²) < 4.78 is 19.6. The fraction of sp³-hybridized carbons (Fsp3) is 0.393. The first kappa shape index (κ1) is 26.3. The van der Waals surface area contributed by atoms with Crippen molar-refractivity contribution in [2.75, 3.05) is 39.8 Å². The lowest BCUT2D eigenvalue weighted by Crippen LogP contribution is -2.56. The van der Waals surface area contributed by atoms with Crippen molar-refractivity contribution in [2.24, 2.45) is 0 Å². The molecule has 0 bridgehead atoms. The van der Waals surface area contributed by atoms with Crippen LogP contribution in [0.5, 0.6) is 0 Å². The van der Waals surface area contributed by atoms with E-state index in [2.05, 4.69) is 10.2 Å². The van der Waals surface area contributed by atoms with E-state index in [1.54, 1.807) is 31.0 Å². The lowest BCUT2D eigenvalue weighted by atomic mass is 9.91. The molecule has 2 heterocycles. The van der Waals surface area contributed by atoms with Gasteiger partial charge in [0.25, 0.3) is 5.91 Å². The van der Waals surface area contributed by atoms with E-state index in [-0.39, 0.29) is 30.2 Å². The van der Waals surface area contributed by atoms with E-state index < -0.39 is 17.8 Å². The Morgan fingerprint density at radius 3 is 2.49 bits per heavy atom. The largest absolute Gasteiger partial charge is 0.463 e. The summed E-state index contributed by atoms with van der Waals surface area (Å²) >= 11 is 0. The second kappa shape index (κ2) is 11.1. The number of esters is 1. The monoisotopic (exact) mass is 508 g/mol. The quantitative estimate of drug-likeness (QED) is 0.604. The molecule has 2 aliphatic heterocycles. The number of piperazine rings is 1. The summed E-state index contributed by atoms with van der Waals surface area (Å²) in [6.07, 6.45) is 0. The molecule has 0 radical (unpaired) electrons. The zero-order valence-corrected chi connectivity index (χ0v) is 21.7. The third-order valence-corrected chi connectivity index (χ3v) is 7.02. The molecule has 196 valence electrons. The number of aryl methyl sites for hydroxylation is 1. The molecule has 1 N–H and O–H groups in total. The van der Waals surface area contributed by atoms with Gasteiger partial charge in [0.05, 0.1) is 23.8 Å². The number of benzene rings is 2. The highest BCUT2D eigenvalue weighted by Crippen LogP contribution is 2.33. The Labute approximate surface area is 216 Å². The minimum absolute atomic E-state index is 0.0554. The van der Waals surface area contributed by atoms with Crippen LogP contribution < -0.4 is 5.32 Å². The molecule has 4 rings (SSSR count). The van der Waals surface area contributed by atoms with E-state index in [0.717, 1.165) is 11.1 Å². The van der Waals surface area contributed by atoms with Gasteiger partial charge in [-0.3, -0.25) is 14.6 Å². The summed E-state index contributed by atoms with van der Waals surface area (Å²) in [5, 5.41) is 2.96. The molecule has 9 heteroatoms. The predicted molar refractivity (Wildman–Crippen MR) is 137 cm³/mol. The van der Waals surface area contributed by atoms with Gasteiger partial charge < -0.3 is 15.0 Å². The van der Waals surface area contributed by atoms with Crippen molar-refractivity contribution in [1.29, 1.82) is 0 Å². The maximum absolute atomic E-state index is 14.2. The Hall–Kier alpha value is -3.72. The number of likely N-dealkylation sites (N-methyl/N-ethyl adjacent to an activating group) is 1. The minimum atomic E-state index is -0.639. The second-order valence-corrected chi connectivity index (χ2v) is 9.44. The molecule has 2 atom stereocenters. The molecule has 2 aromatic rings. The topological polar surface area (TPSA) is 82.2 Å². The first-order valence-electron chi connectivity index (χ1n) is 12.5. The van der Waals surface area contributed by atoms with Gasteiger partial charge in [-0.1, -0.05) is 36.4 Å². The van der Waals surface area contributed by atoms with E-state index in [1.165, 1.54) is 17.0 Å². The summed E-state index contributed by atoms with van der Waals surface area (Å²) in [7, 11) is 1.64. The number of ether oxygens (including phenoxy) is 1. The van der Waals surface area contributed by atoms with Gasteiger partial charge in [0, 0.05) is 45.0 Å². The molecule has 3 amide bonds. The lowest BCUT2D eigenvalue weighted by Gasteiger charge is -2.42. The van der Waals surface area contributed by atoms with Crippen LogP contribution in [0.1, 0.15) is 41.4 Å². The Morgan fingerprint density at radius 1 is 1.11 bits per heavy atom. The van der Waals surface area contributed by atoms with Crippen molar-refractivity contribution in [3.8, 4) is 0 Å². The molecule has 0 aliphatic carbocycles. The second-order valence-electron chi connectivity index (χ2n) is 9.44. The number of nitrogens with one attached hydrogen (secondary N) is 1. The zero-order valence-electron chi connectivity index (χ0n) is 21.7. The molecule has 2 aromatic carbocycles. The number of hydrogen-bond acceptors (Lipinski definition) is 5. The number of amides is 3. The Kier molecular flexibility index (Phi) is 7.92. The molecule has 37 heavy (non-hydrogen) atoms. The standard InChI is InChI=1S/C28H33FN4O4/c1-5-37-27(35)24-23(31(4)28(36)30-25(24)20-11-7-6-10-18(20)2)17-32-14-15-33(19(3)16-32)26(34)21-12-8-9-13-22(21)29/h6-13,19,25H,5,14-17H2,1-4H3,(H,30,36)/t19-,25-/m1/s1. The maximum atomic E-state index is 14.2. The number of urea groups is 1. The Bertz CT molecular complexity index is 1230. The average Bonchev–Trinajstić information content (AvgIpc) is 2.87. The van der Waals surface area contributed by atoms with Crippen LogP contribution in [0.25, 0.3) is 0 Å². The molecule has 2 aliphatic rings. The van der Waals surface area contributed by atoms with E-state index in [4.69, 9.17) is 4.74 Å². The van der Waals surface area contributed by atoms with Crippen molar-refractivity contribution < 1.29 is 23.5 Å². The van der Waals surface area contributed by atoms with Crippen molar-refractivity contribution in [1.82, 2.24) is 20.0 Å². The van der Waals surface area contributed by atoms with Crippen molar-refractivity contribution >= 4 is 17.9 Å². The van der Waals surface area contributed by atoms with Crippen molar-refractivity contribution in [2.45, 2.75) is 32.9 Å². The van der Waals surface area contributed by atoms with Crippen LogP contribution in [-0.4, -0.2) is 78.5 Å². The van der Waals surface area contributed by atoms with Gasteiger partial charge in [-0.25, -0.2) is 14.0 Å². The van der Waals surface area contributed by atoms with Crippen LogP contribution in [-0.2, 0) is 9.53 Å². The number of nitrogens with zero attached hydrogens (tertiary/aromatic N) is 3. The maximum Gasteiger partial charge on any atom is 0.338 e. The smallest absolute Gasteiger partial charge is 0.338 e. The van der Waals surface area contributed by atoms with Crippen molar-refractivity contribution in [3.63, 3.8) is 0 Å². The molecule has 0 unspecified atom stereocenters. The van der Waals surface area contributed by atoms with E-state index >= 15 is 0 Å². The third kappa shape index (κ3) is 5.36. The van der Waals surface area contributed by atoms with E-state index in [1.807, 2.05) is 38.1 Å². The highest BCUT2D eigenvalue weighted by atomic mass is 19.1. The molecular formula is C28H33FN4O4. The van der Waals surface area contributed by atoms with Crippen molar-refractivity contribution in [3.05, 3.63) is 82.3 Å². The SMILES string of the molecule is CCOC(=O)C1=C(CN2CCN(C(=O)c3ccccc3F)[C@H](C)C2)N(C)C(=O)N[C@@H]1c1ccccc1C. The molecule has 0 aromatic heterocycles. The van der Waals surface area contributed by atoms with Crippen LogP contribution in [0.15, 0.2) is 59.8 Å². The van der Waals surface area contributed by atoms with E-state index in [0.29, 0.717) is 37.4 Å². The van der Waals surface area contributed by atoms with Gasteiger partial charge in [-0.2, -0.15) is 0 Å². The minimum Gasteiger partial charge on any atom is -0.463 e. The number of halogens is 1. The Morgan fingerprint density at radius 2 is 1.81 bits per heavy atom. The summed E-state index contributed by atoms with van der Waals surface area (Å²) in [6.45, 7) is 7.55. The summed E-state index contributed by atoms with van der Waals surface area (Å²) in [5.74, 6) is -1.35. The van der Waals surface area contributed by atoms with Gasteiger partial charge in [0.15, 0.2) is 0 Å². The Balaban J connectivity index is 1.62. The van der Waals surface area contributed by atoms with Gasteiger partial charge in [0.1, 0.15) is 5.82 Å². The van der Waals surface area contributed by atoms with Crippen LogP contribution in [0.4, 0.5) is 9.18 Å². The molecule has 1 saturated heterocycles. The lowest BCUT2D eigenvalue weighted by molar-refractivity contribution is -0.139. The third-order valence-electron chi connectivity index (χ3n) is 7.02. The van der Waals surface area contributed by atoms with Crippen LogP contribution in [0, 0.1) is 12.7 Å². The first-order valence-corrected chi connectivity index (χ1v) is 12.5. The van der Waals surface area contributed by atoms with Gasteiger partial charge in [-0.15, -0.1) is 0 Å². The summed E-state index contributed by atoms with van der Waals surface area (Å²) in [5.41, 5.74) is 2.80. The molecule has 0 saturated carbocycles. The van der Waals surface area contributed by atoms with Crippen LogP contribution >= 0.6 is 0 Å². The van der Waals surface area contributed by atoms with Gasteiger partial charge >= 0.3 is 12.0 Å². The van der Waals surface area contributed by atoms with Gasteiger partial charge in [0.2, 0.25) is 0 Å². The van der Waals surface area contributed by atoms with Crippen LogP contribution in [0.3, 0.4) is 0 Å². The van der Waals surface area contributed by atoms with Gasteiger partial charge in [-0.05, 0) is 44.0 Å². The summed E-state index contributed by atoms with van der Waals surface area (Å²) in [4.78, 5) is 44.4. The summed E-state index contributed by atoms with van der Waals surface area (Å²) in [6, 6.07) is 12.5. The predicted octanol–water partition coefficient (Wildman–Crippen LogP) is 3.49. The fourth-order valence-corrected chi connectivity index (χ4v) is 5.02. The highest BCUT2D eigenvalue weighted by Gasteiger charge is 2.39. The number of carbonyl (C=O) groups is 3. The molecule has 0 spiro atoms. The normalized spacial score (nSPS) is 20.6. The van der Waals surface area contributed by atoms with E-state index in [9.17, 15) is 18.8 Å². The highest BCUT2D eigenvalue weighted by molar-refractivity contribution is 5.96. The molecular weight excluding hydrogens is 475 g/mol. The van der Waals surface area contributed by atoms with Crippen LogP contribution in [0.2, 0.25) is 0 Å². The fourth-order valence-electron chi connectivity index (χ4n) is 5.02. The molecule has 1 fully saturated rings. The number of carbonyl (C=O) groups excluding carboxylic acids is 3. The number of hydrogen-bond donors (Lipinski definition) is 1. The number of rotatable bonds is 6. The average molecular weight is 509 g/mol. The first-order chi connectivity index (χ1) is 17.7. The zero-order chi connectivity index (χ0) is 26.7. The molecule has 8 nitrogen and oxygen atoms in total.